The third-order valence-corrected chi connectivity index (χ3v) is 4.20. The van der Waals surface area contributed by atoms with Crippen LogP contribution in [-0.2, 0) is 11.2 Å². The summed E-state index contributed by atoms with van der Waals surface area (Å²) < 4.78 is 5.21. The number of carbonyl (C=O) groups is 1. The van der Waals surface area contributed by atoms with Gasteiger partial charge < -0.3 is 15.4 Å². The Morgan fingerprint density at radius 2 is 1.76 bits per heavy atom. The lowest BCUT2D eigenvalue weighted by Crippen LogP contribution is -2.27. The van der Waals surface area contributed by atoms with E-state index in [9.17, 15) is 4.79 Å². The van der Waals surface area contributed by atoms with Crippen LogP contribution in [0.3, 0.4) is 0 Å². The van der Waals surface area contributed by atoms with Crippen LogP contribution >= 0.6 is 0 Å². The van der Waals surface area contributed by atoms with E-state index in [4.69, 9.17) is 4.74 Å². The average molecular weight is 340 g/mol. The molecule has 0 saturated heterocycles. The summed E-state index contributed by atoms with van der Waals surface area (Å²) in [5.41, 5.74) is 5.99. The zero-order chi connectivity index (χ0) is 18.2. The zero-order valence-corrected chi connectivity index (χ0v) is 15.6. The van der Waals surface area contributed by atoms with Crippen LogP contribution in [-0.4, -0.2) is 26.1 Å². The Morgan fingerprint density at radius 3 is 2.44 bits per heavy atom. The SMILES string of the molecule is COc1cccc(CCNC(=O)CCNc2c(C)cc(C)cc2C)c1. The fraction of sp³-hybridized carbons (Fsp3) is 0.381. The molecule has 0 atom stereocenters. The van der Waals surface area contributed by atoms with E-state index in [0.29, 0.717) is 19.5 Å². The first-order valence-electron chi connectivity index (χ1n) is 8.71. The second kappa shape index (κ2) is 9.11. The molecule has 0 unspecified atom stereocenters. The minimum atomic E-state index is 0.0674. The van der Waals surface area contributed by atoms with Crippen LogP contribution in [0.25, 0.3) is 0 Å². The van der Waals surface area contributed by atoms with E-state index in [1.165, 1.54) is 16.7 Å². The molecule has 0 fully saturated rings. The van der Waals surface area contributed by atoms with Gasteiger partial charge >= 0.3 is 0 Å². The van der Waals surface area contributed by atoms with Gasteiger partial charge in [0.05, 0.1) is 7.11 Å². The molecule has 2 N–H and O–H groups in total. The topological polar surface area (TPSA) is 50.4 Å². The Kier molecular flexibility index (Phi) is 6.87. The maximum atomic E-state index is 12.0. The van der Waals surface area contributed by atoms with Gasteiger partial charge in [-0.05, 0) is 56.0 Å². The van der Waals surface area contributed by atoms with Crippen molar-refractivity contribution >= 4 is 11.6 Å². The van der Waals surface area contributed by atoms with E-state index in [2.05, 4.69) is 43.5 Å². The lowest BCUT2D eigenvalue weighted by atomic mass is 10.1. The van der Waals surface area contributed by atoms with Crippen LogP contribution in [0.4, 0.5) is 5.69 Å². The summed E-state index contributed by atoms with van der Waals surface area (Å²) >= 11 is 0. The average Bonchev–Trinajstić information content (AvgIpc) is 2.57. The number of hydrogen-bond acceptors (Lipinski definition) is 3. The Morgan fingerprint density at radius 1 is 1.04 bits per heavy atom. The Balaban J connectivity index is 1.72. The van der Waals surface area contributed by atoms with E-state index in [1.54, 1.807) is 7.11 Å². The van der Waals surface area contributed by atoms with Gasteiger partial charge in [-0.25, -0.2) is 0 Å². The highest BCUT2D eigenvalue weighted by Crippen LogP contribution is 2.21. The molecule has 134 valence electrons. The van der Waals surface area contributed by atoms with Crippen LogP contribution < -0.4 is 15.4 Å². The van der Waals surface area contributed by atoms with Crippen molar-refractivity contribution < 1.29 is 9.53 Å². The summed E-state index contributed by atoms with van der Waals surface area (Å²) in [6.45, 7) is 7.55. The number of rotatable bonds is 8. The maximum Gasteiger partial charge on any atom is 0.221 e. The Labute approximate surface area is 150 Å². The largest absolute Gasteiger partial charge is 0.497 e. The molecule has 0 spiro atoms. The summed E-state index contributed by atoms with van der Waals surface area (Å²) in [4.78, 5) is 12.0. The fourth-order valence-electron chi connectivity index (χ4n) is 3.02. The van der Waals surface area contributed by atoms with Gasteiger partial charge in [0.2, 0.25) is 5.91 Å². The van der Waals surface area contributed by atoms with Crippen LogP contribution in [0.1, 0.15) is 28.7 Å². The predicted molar refractivity (Wildman–Crippen MR) is 103 cm³/mol. The maximum absolute atomic E-state index is 12.0. The van der Waals surface area contributed by atoms with Crippen molar-refractivity contribution in [2.24, 2.45) is 0 Å². The van der Waals surface area contributed by atoms with Crippen LogP contribution in [0.5, 0.6) is 5.75 Å². The molecule has 0 aliphatic carbocycles. The molecule has 0 bridgehead atoms. The third-order valence-electron chi connectivity index (χ3n) is 4.20. The van der Waals surface area contributed by atoms with E-state index < -0.39 is 0 Å². The molecule has 0 saturated carbocycles. The molecule has 4 heteroatoms. The molecule has 2 aromatic carbocycles. The molecule has 0 aliphatic heterocycles. The lowest BCUT2D eigenvalue weighted by Gasteiger charge is -2.14. The number of amides is 1. The quantitative estimate of drug-likeness (QED) is 0.769. The Hall–Kier alpha value is -2.49. The molecule has 25 heavy (non-hydrogen) atoms. The predicted octanol–water partition coefficient (Wildman–Crippen LogP) is 3.78. The van der Waals surface area contributed by atoms with Crippen molar-refractivity contribution in [1.82, 2.24) is 5.32 Å². The van der Waals surface area contributed by atoms with E-state index in [-0.39, 0.29) is 5.91 Å². The van der Waals surface area contributed by atoms with Crippen molar-refractivity contribution in [1.29, 1.82) is 0 Å². The highest BCUT2D eigenvalue weighted by molar-refractivity contribution is 5.76. The van der Waals surface area contributed by atoms with Gasteiger partial charge in [0, 0.05) is 25.2 Å². The monoisotopic (exact) mass is 340 g/mol. The third kappa shape index (κ3) is 5.82. The molecule has 0 aliphatic rings. The highest BCUT2D eigenvalue weighted by atomic mass is 16.5. The highest BCUT2D eigenvalue weighted by Gasteiger charge is 2.05. The number of nitrogens with one attached hydrogen (secondary N) is 2. The van der Waals surface area contributed by atoms with E-state index in [1.807, 2.05) is 24.3 Å². The van der Waals surface area contributed by atoms with Gasteiger partial charge in [-0.3, -0.25) is 4.79 Å². The van der Waals surface area contributed by atoms with Crippen molar-refractivity contribution in [3.05, 3.63) is 58.7 Å². The number of hydrogen-bond donors (Lipinski definition) is 2. The minimum absolute atomic E-state index is 0.0674. The molecular formula is C21H28N2O2. The molecule has 1 amide bonds. The van der Waals surface area contributed by atoms with Gasteiger partial charge in [-0.2, -0.15) is 0 Å². The number of ether oxygens (including phenoxy) is 1. The van der Waals surface area contributed by atoms with Crippen molar-refractivity contribution in [2.45, 2.75) is 33.6 Å². The first-order valence-corrected chi connectivity index (χ1v) is 8.71. The first kappa shape index (κ1) is 18.8. The van der Waals surface area contributed by atoms with Crippen LogP contribution in [0, 0.1) is 20.8 Å². The van der Waals surface area contributed by atoms with Gasteiger partial charge in [-0.1, -0.05) is 29.8 Å². The molecule has 0 radical (unpaired) electrons. The van der Waals surface area contributed by atoms with Gasteiger partial charge in [0.25, 0.3) is 0 Å². The van der Waals surface area contributed by atoms with Crippen LogP contribution in [0.2, 0.25) is 0 Å². The van der Waals surface area contributed by atoms with Gasteiger partial charge in [-0.15, -0.1) is 0 Å². The molecule has 0 heterocycles. The smallest absolute Gasteiger partial charge is 0.221 e. The molecule has 2 rings (SSSR count). The fourth-order valence-corrected chi connectivity index (χ4v) is 3.02. The number of aryl methyl sites for hydroxylation is 3. The second-order valence-corrected chi connectivity index (χ2v) is 6.40. The van der Waals surface area contributed by atoms with Crippen molar-refractivity contribution in [3.63, 3.8) is 0 Å². The second-order valence-electron chi connectivity index (χ2n) is 6.40. The normalized spacial score (nSPS) is 10.4. The van der Waals surface area contributed by atoms with Gasteiger partial charge in [0.1, 0.15) is 5.75 Å². The summed E-state index contributed by atoms with van der Waals surface area (Å²) in [7, 11) is 1.66. The van der Waals surface area contributed by atoms with Gasteiger partial charge in [0.15, 0.2) is 0 Å². The summed E-state index contributed by atoms with van der Waals surface area (Å²) in [5, 5.41) is 6.36. The number of methoxy groups -OCH3 is 1. The van der Waals surface area contributed by atoms with Crippen molar-refractivity contribution in [2.75, 3.05) is 25.5 Å². The number of anilines is 1. The molecule has 2 aromatic rings. The van der Waals surface area contributed by atoms with Crippen molar-refractivity contribution in [3.8, 4) is 5.75 Å². The standard InChI is InChI=1S/C21H28N2O2/c1-15-12-16(2)21(17(3)13-15)23-11-9-20(24)22-10-8-18-6-5-7-19(14-18)25-4/h5-7,12-14,23H,8-11H2,1-4H3,(H,22,24). The Bertz CT molecular complexity index is 703. The summed E-state index contributed by atoms with van der Waals surface area (Å²) in [6, 6.07) is 12.2. The molecule has 0 aromatic heterocycles. The lowest BCUT2D eigenvalue weighted by molar-refractivity contribution is -0.120. The summed E-state index contributed by atoms with van der Waals surface area (Å²) in [5.74, 6) is 0.912. The zero-order valence-electron chi connectivity index (χ0n) is 15.6. The molecular weight excluding hydrogens is 312 g/mol. The van der Waals surface area contributed by atoms with Crippen LogP contribution in [0.15, 0.2) is 36.4 Å². The molecule has 4 nitrogen and oxygen atoms in total. The first-order chi connectivity index (χ1) is 12.0. The number of carbonyl (C=O) groups excluding carboxylic acids is 1. The van der Waals surface area contributed by atoms with E-state index >= 15 is 0 Å². The van der Waals surface area contributed by atoms with E-state index in [0.717, 1.165) is 23.4 Å². The minimum Gasteiger partial charge on any atom is -0.497 e. The summed E-state index contributed by atoms with van der Waals surface area (Å²) in [6.07, 6.45) is 1.26. The number of benzene rings is 2.